The van der Waals surface area contributed by atoms with Gasteiger partial charge in [-0.1, -0.05) is 49.4 Å². The van der Waals surface area contributed by atoms with Crippen molar-refractivity contribution >= 4 is 16.7 Å². The monoisotopic (exact) mass is 257 g/mol. The minimum Gasteiger partial charge on any atom is -0.480 e. The van der Waals surface area contributed by atoms with E-state index in [9.17, 15) is 9.90 Å². The van der Waals surface area contributed by atoms with Crippen LogP contribution in [0.1, 0.15) is 31.9 Å². The molecule has 2 aromatic rings. The Bertz CT molecular complexity index is 574. The summed E-state index contributed by atoms with van der Waals surface area (Å²) in [6.45, 7) is 4.04. The summed E-state index contributed by atoms with van der Waals surface area (Å²) in [4.78, 5) is 11.5. The van der Waals surface area contributed by atoms with E-state index >= 15 is 0 Å². The first kappa shape index (κ1) is 13.6. The second kappa shape index (κ2) is 5.85. The number of hydrogen-bond acceptors (Lipinski definition) is 2. The Balaban J connectivity index is 2.47. The molecule has 3 heteroatoms. The summed E-state index contributed by atoms with van der Waals surface area (Å²) >= 11 is 0. The van der Waals surface area contributed by atoms with E-state index in [1.807, 2.05) is 56.3 Å². The van der Waals surface area contributed by atoms with Gasteiger partial charge in [0.15, 0.2) is 0 Å². The number of carboxylic acid groups (broad SMARTS) is 1. The molecule has 0 fully saturated rings. The summed E-state index contributed by atoms with van der Waals surface area (Å²) in [7, 11) is 0. The molecule has 0 aliphatic rings. The molecular weight excluding hydrogens is 238 g/mol. The molecule has 0 aromatic heterocycles. The zero-order chi connectivity index (χ0) is 13.8. The minimum absolute atomic E-state index is 0.167. The van der Waals surface area contributed by atoms with Crippen LogP contribution >= 0.6 is 0 Å². The molecule has 0 bridgehead atoms. The maximum atomic E-state index is 11.5. The van der Waals surface area contributed by atoms with Crippen molar-refractivity contribution in [1.29, 1.82) is 0 Å². The second-order valence-electron chi connectivity index (χ2n) is 4.82. The van der Waals surface area contributed by atoms with Crippen LogP contribution in [0.25, 0.3) is 10.8 Å². The van der Waals surface area contributed by atoms with E-state index in [-0.39, 0.29) is 6.04 Å². The molecule has 0 spiro atoms. The highest BCUT2D eigenvalue weighted by atomic mass is 16.4. The molecule has 0 aliphatic carbocycles. The van der Waals surface area contributed by atoms with Crippen molar-refractivity contribution in [3.63, 3.8) is 0 Å². The van der Waals surface area contributed by atoms with E-state index in [2.05, 4.69) is 5.32 Å². The van der Waals surface area contributed by atoms with E-state index in [1.54, 1.807) is 0 Å². The maximum Gasteiger partial charge on any atom is 0.325 e. The highest BCUT2D eigenvalue weighted by molar-refractivity contribution is 5.90. The van der Waals surface area contributed by atoms with E-state index in [1.165, 1.54) is 0 Å². The SMILES string of the molecule is CCC(C)NC(C(=O)O)c1cccc2ccccc12. The van der Waals surface area contributed by atoms with Gasteiger partial charge in [-0.3, -0.25) is 10.1 Å². The highest BCUT2D eigenvalue weighted by Crippen LogP contribution is 2.25. The Morgan fingerprint density at radius 3 is 2.58 bits per heavy atom. The lowest BCUT2D eigenvalue weighted by atomic mass is 9.98. The van der Waals surface area contributed by atoms with Crippen LogP contribution in [0.4, 0.5) is 0 Å². The number of rotatable bonds is 5. The molecule has 2 aromatic carbocycles. The molecule has 2 N–H and O–H groups in total. The zero-order valence-corrected chi connectivity index (χ0v) is 11.3. The number of benzene rings is 2. The van der Waals surface area contributed by atoms with Gasteiger partial charge in [0.2, 0.25) is 0 Å². The third kappa shape index (κ3) is 2.93. The first-order chi connectivity index (χ1) is 9.13. The number of nitrogens with one attached hydrogen (secondary N) is 1. The Labute approximate surface area is 113 Å². The normalized spacial score (nSPS) is 14.2. The molecule has 0 heterocycles. The average molecular weight is 257 g/mol. The van der Waals surface area contributed by atoms with Crippen molar-refractivity contribution in [2.24, 2.45) is 0 Å². The van der Waals surface area contributed by atoms with Crippen molar-refractivity contribution in [3.05, 3.63) is 48.0 Å². The Hall–Kier alpha value is -1.87. The van der Waals surface area contributed by atoms with E-state index in [4.69, 9.17) is 0 Å². The number of carboxylic acids is 1. The first-order valence-electron chi connectivity index (χ1n) is 6.60. The van der Waals surface area contributed by atoms with Gasteiger partial charge < -0.3 is 5.11 Å². The predicted molar refractivity (Wildman–Crippen MR) is 77.2 cm³/mol. The van der Waals surface area contributed by atoms with Crippen molar-refractivity contribution < 1.29 is 9.90 Å². The zero-order valence-electron chi connectivity index (χ0n) is 11.3. The summed E-state index contributed by atoms with van der Waals surface area (Å²) in [5.74, 6) is -0.836. The van der Waals surface area contributed by atoms with Gasteiger partial charge in [0, 0.05) is 6.04 Å². The van der Waals surface area contributed by atoms with Crippen molar-refractivity contribution in [3.8, 4) is 0 Å². The van der Waals surface area contributed by atoms with Crippen molar-refractivity contribution in [1.82, 2.24) is 5.32 Å². The van der Waals surface area contributed by atoms with Gasteiger partial charge in [-0.05, 0) is 29.7 Å². The molecule has 100 valence electrons. The van der Waals surface area contributed by atoms with Gasteiger partial charge >= 0.3 is 5.97 Å². The molecular formula is C16H19NO2. The quantitative estimate of drug-likeness (QED) is 0.863. The number of aliphatic carboxylic acids is 1. The lowest BCUT2D eigenvalue weighted by molar-refractivity contribution is -0.139. The van der Waals surface area contributed by atoms with Gasteiger partial charge in [0.1, 0.15) is 6.04 Å². The maximum absolute atomic E-state index is 11.5. The van der Waals surface area contributed by atoms with E-state index in [0.717, 1.165) is 22.8 Å². The van der Waals surface area contributed by atoms with Gasteiger partial charge in [0.25, 0.3) is 0 Å². The fourth-order valence-corrected chi connectivity index (χ4v) is 2.20. The van der Waals surface area contributed by atoms with Gasteiger partial charge in [-0.15, -0.1) is 0 Å². The molecule has 19 heavy (non-hydrogen) atoms. The smallest absolute Gasteiger partial charge is 0.325 e. The fraction of sp³-hybridized carbons (Fsp3) is 0.312. The second-order valence-corrected chi connectivity index (χ2v) is 4.82. The topological polar surface area (TPSA) is 49.3 Å². The van der Waals surface area contributed by atoms with Gasteiger partial charge in [0.05, 0.1) is 0 Å². The van der Waals surface area contributed by atoms with Crippen LogP contribution in [0.15, 0.2) is 42.5 Å². The van der Waals surface area contributed by atoms with Crippen LogP contribution in [0.5, 0.6) is 0 Å². The molecule has 0 amide bonds. The standard InChI is InChI=1S/C16H19NO2/c1-3-11(2)17-15(16(18)19)14-10-6-8-12-7-4-5-9-13(12)14/h4-11,15,17H,3H2,1-2H3,(H,18,19). The summed E-state index contributed by atoms with van der Waals surface area (Å²) < 4.78 is 0. The number of hydrogen-bond donors (Lipinski definition) is 2. The Kier molecular flexibility index (Phi) is 4.17. The van der Waals surface area contributed by atoms with Crippen LogP contribution in [-0.2, 0) is 4.79 Å². The summed E-state index contributed by atoms with van der Waals surface area (Å²) in [5.41, 5.74) is 0.825. The van der Waals surface area contributed by atoms with E-state index in [0.29, 0.717) is 0 Å². The predicted octanol–water partition coefficient (Wildman–Crippen LogP) is 3.35. The molecule has 0 radical (unpaired) electrons. The molecule has 2 atom stereocenters. The van der Waals surface area contributed by atoms with Crippen LogP contribution in [-0.4, -0.2) is 17.1 Å². The molecule has 2 unspecified atom stereocenters. The summed E-state index contributed by atoms with van der Waals surface area (Å²) in [5, 5.41) is 14.7. The van der Waals surface area contributed by atoms with Crippen LogP contribution in [0.3, 0.4) is 0 Å². The molecule has 0 aliphatic heterocycles. The van der Waals surface area contributed by atoms with Crippen molar-refractivity contribution in [2.45, 2.75) is 32.4 Å². The van der Waals surface area contributed by atoms with Gasteiger partial charge in [-0.25, -0.2) is 0 Å². The van der Waals surface area contributed by atoms with Crippen LogP contribution < -0.4 is 5.32 Å². The van der Waals surface area contributed by atoms with Gasteiger partial charge in [-0.2, -0.15) is 0 Å². The largest absolute Gasteiger partial charge is 0.480 e. The summed E-state index contributed by atoms with van der Waals surface area (Å²) in [6, 6.07) is 13.2. The third-order valence-electron chi connectivity index (χ3n) is 3.44. The number of carbonyl (C=O) groups is 1. The van der Waals surface area contributed by atoms with E-state index < -0.39 is 12.0 Å². The molecule has 2 rings (SSSR count). The van der Waals surface area contributed by atoms with Crippen molar-refractivity contribution in [2.75, 3.05) is 0 Å². The minimum atomic E-state index is -0.836. The third-order valence-corrected chi connectivity index (χ3v) is 3.44. The number of fused-ring (bicyclic) bond motifs is 1. The average Bonchev–Trinajstić information content (AvgIpc) is 2.43. The first-order valence-corrected chi connectivity index (χ1v) is 6.60. The fourth-order valence-electron chi connectivity index (χ4n) is 2.20. The molecule has 0 saturated heterocycles. The highest BCUT2D eigenvalue weighted by Gasteiger charge is 2.22. The van der Waals surface area contributed by atoms with Crippen LogP contribution in [0, 0.1) is 0 Å². The Morgan fingerprint density at radius 2 is 1.89 bits per heavy atom. The summed E-state index contributed by atoms with van der Waals surface area (Å²) in [6.07, 6.45) is 0.897. The molecule has 0 saturated carbocycles. The van der Waals surface area contributed by atoms with Crippen LogP contribution in [0.2, 0.25) is 0 Å². The Morgan fingerprint density at radius 1 is 1.21 bits per heavy atom. The lowest BCUT2D eigenvalue weighted by Gasteiger charge is -2.20. The lowest BCUT2D eigenvalue weighted by Crippen LogP contribution is -2.35. The molecule has 3 nitrogen and oxygen atoms in total.